The quantitative estimate of drug-likeness (QED) is 0.531. The number of aryl methyl sites for hydroxylation is 1. The standard InChI is InChI=1S/C10H17N3S/c1-6-13-8(4)9(5)14-10(13)12-11-7(2)3/h6H2,1-5H3/b12-10-. The lowest BCUT2D eigenvalue weighted by atomic mass is 10.4. The van der Waals surface area contributed by atoms with E-state index in [2.05, 4.69) is 35.5 Å². The summed E-state index contributed by atoms with van der Waals surface area (Å²) in [5.74, 6) is 0. The van der Waals surface area contributed by atoms with E-state index in [0.717, 1.165) is 17.1 Å². The fourth-order valence-electron chi connectivity index (χ4n) is 1.19. The van der Waals surface area contributed by atoms with Gasteiger partial charge in [-0.25, -0.2) is 0 Å². The predicted molar refractivity (Wildman–Crippen MR) is 61.8 cm³/mol. The van der Waals surface area contributed by atoms with Crippen molar-refractivity contribution in [1.29, 1.82) is 0 Å². The van der Waals surface area contributed by atoms with Crippen LogP contribution in [0, 0.1) is 13.8 Å². The molecule has 0 atom stereocenters. The smallest absolute Gasteiger partial charge is 0.210 e. The van der Waals surface area contributed by atoms with Crippen molar-refractivity contribution >= 4 is 17.0 Å². The Bertz CT molecular complexity index is 405. The van der Waals surface area contributed by atoms with E-state index in [9.17, 15) is 0 Å². The first-order chi connectivity index (χ1) is 6.56. The fourth-order valence-corrected chi connectivity index (χ4v) is 2.18. The number of aromatic nitrogens is 1. The van der Waals surface area contributed by atoms with Crippen molar-refractivity contribution in [3.63, 3.8) is 0 Å². The highest BCUT2D eigenvalue weighted by Crippen LogP contribution is 2.09. The molecule has 0 amide bonds. The normalized spacial score (nSPS) is 11.9. The third-order valence-corrected chi connectivity index (χ3v) is 3.13. The summed E-state index contributed by atoms with van der Waals surface area (Å²) in [5.41, 5.74) is 2.27. The van der Waals surface area contributed by atoms with Crippen LogP contribution < -0.4 is 4.80 Å². The summed E-state index contributed by atoms with van der Waals surface area (Å²) >= 11 is 1.70. The van der Waals surface area contributed by atoms with Gasteiger partial charge in [0.15, 0.2) is 0 Å². The molecule has 0 fully saturated rings. The van der Waals surface area contributed by atoms with Crippen molar-refractivity contribution in [3.8, 4) is 0 Å². The summed E-state index contributed by atoms with van der Waals surface area (Å²) in [4.78, 5) is 2.30. The Hall–Kier alpha value is -0.900. The molecule has 1 aromatic rings. The lowest BCUT2D eigenvalue weighted by Gasteiger charge is -1.99. The van der Waals surface area contributed by atoms with Gasteiger partial charge in [0, 0.05) is 22.8 Å². The van der Waals surface area contributed by atoms with E-state index in [-0.39, 0.29) is 0 Å². The van der Waals surface area contributed by atoms with Gasteiger partial charge < -0.3 is 4.57 Å². The zero-order valence-electron chi connectivity index (χ0n) is 9.46. The van der Waals surface area contributed by atoms with Gasteiger partial charge in [-0.3, -0.25) is 0 Å². The van der Waals surface area contributed by atoms with Gasteiger partial charge in [-0.15, -0.1) is 16.4 Å². The molecule has 0 saturated carbocycles. The number of thiazole rings is 1. The van der Waals surface area contributed by atoms with E-state index in [1.165, 1.54) is 10.6 Å². The van der Waals surface area contributed by atoms with E-state index in [4.69, 9.17) is 0 Å². The SMILES string of the molecule is CCn1c(C)c(C)s/c1=N\N=C(C)C. The second kappa shape index (κ2) is 4.55. The minimum atomic E-state index is 0.952. The maximum atomic E-state index is 4.23. The van der Waals surface area contributed by atoms with Crippen LogP contribution >= 0.6 is 11.3 Å². The average Bonchev–Trinajstić information content (AvgIpc) is 2.39. The molecule has 0 aliphatic rings. The van der Waals surface area contributed by atoms with Crippen LogP contribution in [-0.4, -0.2) is 10.3 Å². The molecule has 1 aromatic heterocycles. The van der Waals surface area contributed by atoms with Crippen molar-refractivity contribution in [2.45, 2.75) is 41.2 Å². The Morgan fingerprint density at radius 1 is 1.36 bits per heavy atom. The van der Waals surface area contributed by atoms with Gasteiger partial charge in [0.1, 0.15) is 0 Å². The summed E-state index contributed by atoms with van der Waals surface area (Å²) in [7, 11) is 0. The predicted octanol–water partition coefficient (Wildman–Crippen LogP) is 2.48. The first-order valence-electron chi connectivity index (χ1n) is 4.78. The molecule has 0 aliphatic heterocycles. The highest BCUT2D eigenvalue weighted by atomic mass is 32.1. The molecule has 0 aliphatic carbocycles. The molecule has 78 valence electrons. The molecule has 0 bridgehead atoms. The molecular formula is C10H17N3S. The van der Waals surface area contributed by atoms with Crippen LogP contribution in [0.15, 0.2) is 10.2 Å². The summed E-state index contributed by atoms with van der Waals surface area (Å²) in [6, 6.07) is 0. The number of hydrogen-bond donors (Lipinski definition) is 0. The summed E-state index contributed by atoms with van der Waals surface area (Å²) in [6.45, 7) is 11.2. The largest absolute Gasteiger partial charge is 0.320 e. The molecule has 3 nitrogen and oxygen atoms in total. The molecule has 1 heterocycles. The Kier molecular flexibility index (Phi) is 3.63. The van der Waals surface area contributed by atoms with Crippen molar-refractivity contribution in [2.24, 2.45) is 10.2 Å². The lowest BCUT2D eigenvalue weighted by molar-refractivity contribution is 0.702. The second-order valence-electron chi connectivity index (χ2n) is 3.42. The zero-order valence-corrected chi connectivity index (χ0v) is 10.3. The molecular weight excluding hydrogens is 194 g/mol. The Labute approximate surface area is 88.8 Å². The second-order valence-corrected chi connectivity index (χ2v) is 4.60. The van der Waals surface area contributed by atoms with E-state index >= 15 is 0 Å². The first kappa shape index (κ1) is 11.2. The maximum absolute atomic E-state index is 4.23. The van der Waals surface area contributed by atoms with Gasteiger partial charge >= 0.3 is 0 Å². The van der Waals surface area contributed by atoms with E-state index in [0.29, 0.717) is 0 Å². The lowest BCUT2D eigenvalue weighted by Crippen LogP contribution is -2.14. The molecule has 14 heavy (non-hydrogen) atoms. The van der Waals surface area contributed by atoms with Gasteiger partial charge in [0.25, 0.3) is 0 Å². The monoisotopic (exact) mass is 211 g/mol. The summed E-state index contributed by atoms with van der Waals surface area (Å²) < 4.78 is 2.19. The molecule has 0 unspecified atom stereocenters. The third-order valence-electron chi connectivity index (χ3n) is 2.04. The van der Waals surface area contributed by atoms with Crippen molar-refractivity contribution < 1.29 is 0 Å². The van der Waals surface area contributed by atoms with Crippen LogP contribution in [0.25, 0.3) is 0 Å². The molecule has 0 spiro atoms. The van der Waals surface area contributed by atoms with Crippen LogP contribution in [0.3, 0.4) is 0 Å². The summed E-state index contributed by atoms with van der Waals surface area (Å²) in [5, 5.41) is 8.32. The first-order valence-corrected chi connectivity index (χ1v) is 5.59. The molecule has 0 N–H and O–H groups in total. The zero-order chi connectivity index (χ0) is 10.7. The van der Waals surface area contributed by atoms with Crippen LogP contribution in [0.4, 0.5) is 0 Å². The van der Waals surface area contributed by atoms with E-state index < -0.39 is 0 Å². The van der Waals surface area contributed by atoms with Gasteiger partial charge in [-0.2, -0.15) is 5.10 Å². The van der Waals surface area contributed by atoms with Crippen molar-refractivity contribution in [3.05, 3.63) is 15.4 Å². The minimum Gasteiger partial charge on any atom is -0.320 e. The van der Waals surface area contributed by atoms with Crippen LogP contribution in [-0.2, 0) is 6.54 Å². The van der Waals surface area contributed by atoms with Gasteiger partial charge in [0.05, 0.1) is 0 Å². The number of nitrogens with zero attached hydrogens (tertiary/aromatic N) is 3. The molecule has 0 aromatic carbocycles. The number of hydrogen-bond acceptors (Lipinski definition) is 3. The Balaban J connectivity index is 3.28. The van der Waals surface area contributed by atoms with Gasteiger partial charge in [-0.05, 0) is 34.6 Å². The molecule has 0 radical (unpaired) electrons. The molecule has 1 rings (SSSR count). The van der Waals surface area contributed by atoms with Crippen LogP contribution in [0.1, 0.15) is 31.3 Å². The fraction of sp³-hybridized carbons (Fsp3) is 0.600. The topological polar surface area (TPSA) is 29.6 Å². The summed E-state index contributed by atoms with van der Waals surface area (Å²) in [6.07, 6.45) is 0. The highest BCUT2D eigenvalue weighted by Gasteiger charge is 2.03. The Morgan fingerprint density at radius 2 is 2.00 bits per heavy atom. The molecule has 0 saturated heterocycles. The van der Waals surface area contributed by atoms with Crippen LogP contribution in [0.2, 0.25) is 0 Å². The average molecular weight is 211 g/mol. The maximum Gasteiger partial charge on any atom is 0.210 e. The minimum absolute atomic E-state index is 0.952. The third kappa shape index (κ3) is 2.32. The number of rotatable bonds is 2. The van der Waals surface area contributed by atoms with Crippen molar-refractivity contribution in [2.75, 3.05) is 0 Å². The molecule has 4 heteroatoms. The van der Waals surface area contributed by atoms with Gasteiger partial charge in [0.2, 0.25) is 4.80 Å². The van der Waals surface area contributed by atoms with Crippen molar-refractivity contribution in [1.82, 2.24) is 4.57 Å². The van der Waals surface area contributed by atoms with Gasteiger partial charge in [-0.1, -0.05) is 0 Å². The highest BCUT2D eigenvalue weighted by molar-refractivity contribution is 7.09. The van der Waals surface area contributed by atoms with Crippen LogP contribution in [0.5, 0.6) is 0 Å². The Morgan fingerprint density at radius 3 is 2.50 bits per heavy atom. The van der Waals surface area contributed by atoms with E-state index in [1.54, 1.807) is 11.3 Å². The van der Waals surface area contributed by atoms with E-state index in [1.807, 2.05) is 13.8 Å².